The average molecular weight is 261 g/mol. The first-order valence-corrected chi connectivity index (χ1v) is 6.98. The molecular formula is C15H23N3O. The molecule has 0 bridgehead atoms. The SMILES string of the molecule is Cc1cc(C(=O)N2CCCC(C)CC2)ccc1NN. The van der Waals surface area contributed by atoms with Gasteiger partial charge in [0.05, 0.1) is 5.69 Å². The maximum absolute atomic E-state index is 12.5. The standard InChI is InChI=1S/C15H23N3O/c1-11-4-3-8-18(9-7-11)15(19)13-5-6-14(17-16)12(2)10-13/h5-6,10-11,17H,3-4,7-9,16H2,1-2H3. The van der Waals surface area contributed by atoms with Gasteiger partial charge in [0.15, 0.2) is 0 Å². The minimum atomic E-state index is 0.140. The normalized spacial score (nSPS) is 19.9. The van der Waals surface area contributed by atoms with Crippen LogP contribution in [-0.2, 0) is 0 Å². The lowest BCUT2D eigenvalue weighted by atomic mass is 10.0. The molecule has 3 N–H and O–H groups in total. The molecule has 0 aromatic heterocycles. The number of aryl methyl sites for hydroxylation is 1. The molecule has 1 saturated heterocycles. The van der Waals surface area contributed by atoms with Crippen molar-refractivity contribution < 1.29 is 4.79 Å². The lowest BCUT2D eigenvalue weighted by molar-refractivity contribution is 0.0760. The molecule has 19 heavy (non-hydrogen) atoms. The van der Waals surface area contributed by atoms with Gasteiger partial charge in [-0.25, -0.2) is 0 Å². The summed E-state index contributed by atoms with van der Waals surface area (Å²) in [5.41, 5.74) is 5.25. The van der Waals surface area contributed by atoms with Crippen LogP contribution in [-0.4, -0.2) is 23.9 Å². The number of hydrogen-bond donors (Lipinski definition) is 2. The van der Waals surface area contributed by atoms with Gasteiger partial charge >= 0.3 is 0 Å². The minimum absolute atomic E-state index is 0.140. The van der Waals surface area contributed by atoms with Gasteiger partial charge < -0.3 is 10.3 Å². The van der Waals surface area contributed by atoms with E-state index in [-0.39, 0.29) is 5.91 Å². The van der Waals surface area contributed by atoms with Crippen LogP contribution in [0, 0.1) is 12.8 Å². The predicted octanol–water partition coefficient (Wildman–Crippen LogP) is 2.54. The highest BCUT2D eigenvalue weighted by molar-refractivity contribution is 5.95. The summed E-state index contributed by atoms with van der Waals surface area (Å²) >= 11 is 0. The van der Waals surface area contributed by atoms with E-state index in [1.165, 1.54) is 6.42 Å². The van der Waals surface area contributed by atoms with Gasteiger partial charge in [-0.15, -0.1) is 0 Å². The van der Waals surface area contributed by atoms with Crippen LogP contribution in [0.3, 0.4) is 0 Å². The molecule has 1 aromatic carbocycles. The monoisotopic (exact) mass is 261 g/mol. The second kappa shape index (κ2) is 6.06. The molecule has 1 aliphatic heterocycles. The highest BCUT2D eigenvalue weighted by atomic mass is 16.2. The lowest BCUT2D eigenvalue weighted by Crippen LogP contribution is -2.32. The van der Waals surface area contributed by atoms with E-state index >= 15 is 0 Å². The van der Waals surface area contributed by atoms with Crippen LogP contribution in [0.2, 0.25) is 0 Å². The third-order valence-corrected chi connectivity index (χ3v) is 3.93. The molecular weight excluding hydrogens is 238 g/mol. The van der Waals surface area contributed by atoms with Crippen LogP contribution in [0.15, 0.2) is 18.2 Å². The van der Waals surface area contributed by atoms with Crippen molar-refractivity contribution in [2.24, 2.45) is 11.8 Å². The number of nitrogens with zero attached hydrogens (tertiary/aromatic N) is 1. The molecule has 1 aliphatic rings. The van der Waals surface area contributed by atoms with Crippen molar-refractivity contribution in [2.45, 2.75) is 33.1 Å². The molecule has 0 aliphatic carbocycles. The largest absolute Gasteiger partial charge is 0.339 e. The number of rotatable bonds is 2. The molecule has 0 spiro atoms. The van der Waals surface area contributed by atoms with E-state index in [2.05, 4.69) is 12.3 Å². The van der Waals surface area contributed by atoms with Gasteiger partial charge in [-0.05, 0) is 55.9 Å². The van der Waals surface area contributed by atoms with Crippen LogP contribution in [0.25, 0.3) is 0 Å². The second-order valence-electron chi connectivity index (χ2n) is 5.50. The van der Waals surface area contributed by atoms with E-state index in [1.54, 1.807) is 0 Å². The molecule has 1 fully saturated rings. The van der Waals surface area contributed by atoms with Crippen molar-refractivity contribution in [2.75, 3.05) is 18.5 Å². The van der Waals surface area contributed by atoms with Crippen LogP contribution < -0.4 is 11.3 Å². The molecule has 4 heteroatoms. The van der Waals surface area contributed by atoms with E-state index in [0.717, 1.165) is 48.7 Å². The Morgan fingerprint density at radius 3 is 2.84 bits per heavy atom. The molecule has 2 rings (SSSR count). The van der Waals surface area contributed by atoms with Crippen LogP contribution in [0.4, 0.5) is 5.69 Å². The van der Waals surface area contributed by atoms with E-state index in [4.69, 9.17) is 5.84 Å². The zero-order valence-electron chi connectivity index (χ0n) is 11.8. The number of likely N-dealkylation sites (tertiary alicyclic amines) is 1. The number of hydrazine groups is 1. The third kappa shape index (κ3) is 3.26. The fourth-order valence-electron chi connectivity index (χ4n) is 2.61. The van der Waals surface area contributed by atoms with Crippen molar-refractivity contribution in [3.05, 3.63) is 29.3 Å². The van der Waals surface area contributed by atoms with Gasteiger partial charge in [-0.3, -0.25) is 10.6 Å². The second-order valence-corrected chi connectivity index (χ2v) is 5.50. The molecule has 104 valence electrons. The zero-order chi connectivity index (χ0) is 13.8. The first kappa shape index (κ1) is 13.9. The number of nitrogen functional groups attached to an aromatic ring is 1. The van der Waals surface area contributed by atoms with Crippen molar-refractivity contribution in [1.82, 2.24) is 4.90 Å². The van der Waals surface area contributed by atoms with Crippen molar-refractivity contribution in [3.8, 4) is 0 Å². The van der Waals surface area contributed by atoms with Gasteiger partial charge in [0.25, 0.3) is 5.91 Å². The Kier molecular flexibility index (Phi) is 4.43. The summed E-state index contributed by atoms with van der Waals surface area (Å²) < 4.78 is 0. The summed E-state index contributed by atoms with van der Waals surface area (Å²) in [4.78, 5) is 14.5. The summed E-state index contributed by atoms with van der Waals surface area (Å²) in [6.07, 6.45) is 3.43. The topological polar surface area (TPSA) is 58.4 Å². The Balaban J connectivity index is 2.12. The van der Waals surface area contributed by atoms with Crippen molar-refractivity contribution in [1.29, 1.82) is 0 Å². The Bertz CT molecular complexity index is 459. The van der Waals surface area contributed by atoms with E-state index in [9.17, 15) is 4.79 Å². The fraction of sp³-hybridized carbons (Fsp3) is 0.533. The number of carbonyl (C=O) groups excluding carboxylic acids is 1. The van der Waals surface area contributed by atoms with E-state index < -0.39 is 0 Å². The molecule has 1 heterocycles. The summed E-state index contributed by atoms with van der Waals surface area (Å²) in [5.74, 6) is 6.28. The van der Waals surface area contributed by atoms with Crippen molar-refractivity contribution in [3.63, 3.8) is 0 Å². The zero-order valence-corrected chi connectivity index (χ0v) is 11.8. The minimum Gasteiger partial charge on any atom is -0.339 e. The number of carbonyl (C=O) groups is 1. The number of amides is 1. The predicted molar refractivity (Wildman–Crippen MR) is 77.9 cm³/mol. The van der Waals surface area contributed by atoms with E-state index in [1.807, 2.05) is 30.0 Å². The maximum atomic E-state index is 12.5. The number of hydrogen-bond acceptors (Lipinski definition) is 3. The molecule has 0 saturated carbocycles. The van der Waals surface area contributed by atoms with Gasteiger partial charge in [0, 0.05) is 18.7 Å². The highest BCUT2D eigenvalue weighted by Gasteiger charge is 2.20. The summed E-state index contributed by atoms with van der Waals surface area (Å²) in [7, 11) is 0. The van der Waals surface area contributed by atoms with Gasteiger partial charge in [-0.1, -0.05) is 6.92 Å². The van der Waals surface area contributed by atoms with Gasteiger partial charge in [0.2, 0.25) is 0 Å². The quantitative estimate of drug-likeness (QED) is 0.635. The molecule has 1 aromatic rings. The summed E-state index contributed by atoms with van der Waals surface area (Å²) in [6, 6.07) is 5.62. The lowest BCUT2D eigenvalue weighted by Gasteiger charge is -2.21. The third-order valence-electron chi connectivity index (χ3n) is 3.93. The number of nitrogens with one attached hydrogen (secondary N) is 1. The highest BCUT2D eigenvalue weighted by Crippen LogP contribution is 2.20. The Hall–Kier alpha value is -1.55. The van der Waals surface area contributed by atoms with E-state index in [0.29, 0.717) is 0 Å². The average Bonchev–Trinajstić information content (AvgIpc) is 2.62. The summed E-state index contributed by atoms with van der Waals surface area (Å²) in [5, 5.41) is 0. The number of anilines is 1. The smallest absolute Gasteiger partial charge is 0.253 e. The molecule has 1 unspecified atom stereocenters. The molecule has 1 amide bonds. The van der Waals surface area contributed by atoms with Crippen LogP contribution in [0.5, 0.6) is 0 Å². The number of benzene rings is 1. The Morgan fingerprint density at radius 2 is 2.16 bits per heavy atom. The van der Waals surface area contributed by atoms with Gasteiger partial charge in [0.1, 0.15) is 0 Å². The number of nitrogens with two attached hydrogens (primary N) is 1. The molecule has 4 nitrogen and oxygen atoms in total. The van der Waals surface area contributed by atoms with Crippen LogP contribution >= 0.6 is 0 Å². The van der Waals surface area contributed by atoms with Gasteiger partial charge in [-0.2, -0.15) is 0 Å². The molecule has 0 radical (unpaired) electrons. The Labute approximate surface area is 114 Å². The first-order valence-electron chi connectivity index (χ1n) is 6.98. The summed E-state index contributed by atoms with van der Waals surface area (Å²) in [6.45, 7) is 5.96. The molecule has 1 atom stereocenters. The van der Waals surface area contributed by atoms with Crippen LogP contribution in [0.1, 0.15) is 42.1 Å². The maximum Gasteiger partial charge on any atom is 0.253 e. The fourth-order valence-corrected chi connectivity index (χ4v) is 2.61. The Morgan fingerprint density at radius 1 is 1.37 bits per heavy atom. The van der Waals surface area contributed by atoms with Crippen molar-refractivity contribution >= 4 is 11.6 Å². The first-order chi connectivity index (χ1) is 9.11.